The van der Waals surface area contributed by atoms with E-state index >= 15 is 0 Å². The molecule has 0 spiro atoms. The van der Waals surface area contributed by atoms with Crippen molar-refractivity contribution in [3.63, 3.8) is 0 Å². The number of carboxylic acids is 1. The van der Waals surface area contributed by atoms with Crippen LogP contribution in [0.3, 0.4) is 0 Å². The molecule has 2 amide bonds. The molecule has 0 aliphatic carbocycles. The van der Waals surface area contributed by atoms with Gasteiger partial charge in [0.25, 0.3) is 0 Å². The quantitative estimate of drug-likeness (QED) is 0.826. The lowest BCUT2D eigenvalue weighted by molar-refractivity contribution is -0.143. The van der Waals surface area contributed by atoms with Crippen LogP contribution >= 0.6 is 0 Å². The summed E-state index contributed by atoms with van der Waals surface area (Å²) in [5, 5.41) is 8.86. The molecule has 2 saturated heterocycles. The monoisotopic (exact) mass is 368 g/mol. The van der Waals surface area contributed by atoms with Crippen LogP contribution < -0.4 is 0 Å². The van der Waals surface area contributed by atoms with Crippen LogP contribution in [-0.4, -0.2) is 62.9 Å². The molecule has 136 valence electrons. The molecule has 6 nitrogen and oxygen atoms in total. The highest BCUT2D eigenvalue weighted by atomic mass is 32.2. The summed E-state index contributed by atoms with van der Waals surface area (Å²) in [7, 11) is 0. The van der Waals surface area contributed by atoms with Crippen molar-refractivity contribution < 1.29 is 23.6 Å². The van der Waals surface area contributed by atoms with E-state index < -0.39 is 17.1 Å². The number of rotatable bonds is 3. The molecular formula is C17H21FN2O4S. The van der Waals surface area contributed by atoms with Gasteiger partial charge in [0.1, 0.15) is 11.1 Å². The third-order valence-electron chi connectivity index (χ3n) is 4.88. The fourth-order valence-corrected chi connectivity index (χ4v) is 4.78. The molecule has 2 heterocycles. The molecule has 2 atom stereocenters. The van der Waals surface area contributed by atoms with E-state index in [1.165, 1.54) is 24.3 Å². The first kappa shape index (κ1) is 18.0. The van der Waals surface area contributed by atoms with Crippen LogP contribution in [0.25, 0.3) is 0 Å². The number of aliphatic carboxylic acids is 1. The number of carbonyl (C=O) groups excluding carboxylic acids is 1. The molecule has 2 aliphatic rings. The van der Waals surface area contributed by atoms with Crippen molar-refractivity contribution in [2.45, 2.75) is 29.4 Å². The zero-order chi connectivity index (χ0) is 18.0. The summed E-state index contributed by atoms with van der Waals surface area (Å²) in [6.07, 6.45) is 1.58. The fraction of sp³-hybridized carbons (Fsp3) is 0.529. The summed E-state index contributed by atoms with van der Waals surface area (Å²) in [5.74, 6) is -1.54. The van der Waals surface area contributed by atoms with Crippen LogP contribution in [0.2, 0.25) is 0 Å². The smallest absolute Gasteiger partial charge is 0.320 e. The van der Waals surface area contributed by atoms with E-state index in [4.69, 9.17) is 5.11 Å². The Kier molecular flexibility index (Phi) is 5.48. The van der Waals surface area contributed by atoms with E-state index in [9.17, 15) is 18.5 Å². The highest BCUT2D eigenvalue weighted by molar-refractivity contribution is 7.92. The van der Waals surface area contributed by atoms with Crippen LogP contribution in [0.15, 0.2) is 29.2 Å². The molecule has 0 saturated carbocycles. The van der Waals surface area contributed by atoms with Crippen LogP contribution in [0.5, 0.6) is 0 Å². The van der Waals surface area contributed by atoms with Gasteiger partial charge in [-0.05, 0) is 48.3 Å². The van der Waals surface area contributed by atoms with Gasteiger partial charge in [0.05, 0.1) is 12.5 Å². The minimum Gasteiger partial charge on any atom is -0.611 e. The summed E-state index contributed by atoms with van der Waals surface area (Å²) in [6.45, 7) is 1.83. The van der Waals surface area contributed by atoms with Gasteiger partial charge in [0.15, 0.2) is 4.90 Å². The molecular weight excluding hydrogens is 347 g/mol. The Morgan fingerprint density at radius 1 is 1.08 bits per heavy atom. The van der Waals surface area contributed by atoms with Gasteiger partial charge in [-0.25, -0.2) is 9.18 Å². The number of hydrogen-bond acceptors (Lipinski definition) is 3. The van der Waals surface area contributed by atoms with Crippen molar-refractivity contribution in [2.75, 3.05) is 26.2 Å². The third kappa shape index (κ3) is 4.07. The van der Waals surface area contributed by atoms with Gasteiger partial charge in [0.2, 0.25) is 0 Å². The number of likely N-dealkylation sites (tertiary alicyclic amines) is 2. The molecule has 1 aromatic rings. The minimum absolute atomic E-state index is 0.109. The van der Waals surface area contributed by atoms with Gasteiger partial charge in [-0.15, -0.1) is 0 Å². The molecule has 0 bridgehead atoms. The molecule has 1 aromatic carbocycles. The van der Waals surface area contributed by atoms with E-state index in [1.807, 2.05) is 0 Å². The topological polar surface area (TPSA) is 83.9 Å². The Morgan fingerprint density at radius 3 is 2.28 bits per heavy atom. The molecule has 8 heteroatoms. The third-order valence-corrected chi connectivity index (χ3v) is 6.61. The highest BCUT2D eigenvalue weighted by Crippen LogP contribution is 2.26. The Balaban J connectivity index is 1.54. The number of piperidine rings is 1. The van der Waals surface area contributed by atoms with E-state index in [1.54, 1.807) is 9.80 Å². The molecule has 0 radical (unpaired) electrons. The van der Waals surface area contributed by atoms with Gasteiger partial charge in [0, 0.05) is 26.1 Å². The number of urea groups is 1. The van der Waals surface area contributed by atoms with Gasteiger partial charge in [-0.1, -0.05) is 0 Å². The van der Waals surface area contributed by atoms with Crippen molar-refractivity contribution in [3.8, 4) is 0 Å². The molecule has 2 fully saturated rings. The summed E-state index contributed by atoms with van der Waals surface area (Å²) in [5.41, 5.74) is 0. The van der Waals surface area contributed by atoms with Crippen LogP contribution in [-0.2, 0) is 16.0 Å². The lowest BCUT2D eigenvalue weighted by Crippen LogP contribution is -2.47. The van der Waals surface area contributed by atoms with Crippen molar-refractivity contribution in [1.29, 1.82) is 0 Å². The van der Waals surface area contributed by atoms with Crippen LogP contribution in [0, 0.1) is 11.7 Å². The maximum atomic E-state index is 13.0. The fourth-order valence-electron chi connectivity index (χ4n) is 3.36. The predicted molar refractivity (Wildman–Crippen MR) is 90.1 cm³/mol. The zero-order valence-electron chi connectivity index (χ0n) is 13.8. The van der Waals surface area contributed by atoms with Gasteiger partial charge >= 0.3 is 12.0 Å². The van der Waals surface area contributed by atoms with Gasteiger partial charge < -0.3 is 19.5 Å². The molecule has 25 heavy (non-hydrogen) atoms. The van der Waals surface area contributed by atoms with Crippen LogP contribution in [0.1, 0.15) is 19.3 Å². The van der Waals surface area contributed by atoms with Crippen molar-refractivity contribution in [2.24, 2.45) is 5.92 Å². The molecule has 3 rings (SSSR count). The standard InChI is InChI=1S/C17H21FN2O4S/c18-13-1-3-14(4-2-13)25(24)15-7-10-20(11-15)17(23)19-8-5-12(6-9-19)16(21)22/h1-4,12,15H,5-11H2,(H,21,22)/t15-,25?/m0/s1. The highest BCUT2D eigenvalue weighted by Gasteiger charge is 2.37. The molecule has 2 aliphatic heterocycles. The van der Waals surface area contributed by atoms with E-state index in [0.717, 1.165) is 0 Å². The summed E-state index contributed by atoms with van der Waals surface area (Å²) >= 11 is -1.28. The zero-order valence-corrected chi connectivity index (χ0v) is 14.6. The number of nitrogens with zero attached hydrogens (tertiary/aromatic N) is 2. The Labute approximate surface area is 148 Å². The molecule has 0 aromatic heterocycles. The first-order valence-corrected chi connectivity index (χ1v) is 9.60. The summed E-state index contributed by atoms with van der Waals surface area (Å²) in [4.78, 5) is 27.5. The number of carboxylic acid groups (broad SMARTS) is 1. The van der Waals surface area contributed by atoms with Crippen molar-refractivity contribution in [1.82, 2.24) is 9.80 Å². The normalized spacial score (nSPS) is 22.9. The molecule has 1 unspecified atom stereocenters. The van der Waals surface area contributed by atoms with Crippen molar-refractivity contribution in [3.05, 3.63) is 30.1 Å². The number of carbonyl (C=O) groups is 2. The second-order valence-electron chi connectivity index (χ2n) is 6.49. The Morgan fingerprint density at radius 2 is 1.68 bits per heavy atom. The maximum absolute atomic E-state index is 13.0. The van der Waals surface area contributed by atoms with Crippen molar-refractivity contribution >= 4 is 23.2 Å². The number of benzene rings is 1. The number of hydrogen-bond donors (Lipinski definition) is 1. The Hall–Kier alpha value is -1.80. The first-order valence-electron chi connectivity index (χ1n) is 8.38. The van der Waals surface area contributed by atoms with E-state index in [0.29, 0.717) is 50.3 Å². The van der Waals surface area contributed by atoms with Gasteiger partial charge in [-0.2, -0.15) is 0 Å². The SMILES string of the molecule is O=C(O)C1CCN(C(=O)N2CC[C@H]([S+]([O-])c3ccc(F)cc3)C2)CC1. The second-order valence-corrected chi connectivity index (χ2v) is 8.22. The lowest BCUT2D eigenvalue weighted by Gasteiger charge is -2.33. The average molecular weight is 368 g/mol. The van der Waals surface area contributed by atoms with Crippen LogP contribution in [0.4, 0.5) is 9.18 Å². The van der Waals surface area contributed by atoms with E-state index in [2.05, 4.69) is 0 Å². The Bertz CT molecular complexity index is 634. The second kappa shape index (κ2) is 7.61. The summed E-state index contributed by atoms with van der Waals surface area (Å²) < 4.78 is 25.6. The largest absolute Gasteiger partial charge is 0.611 e. The average Bonchev–Trinajstić information content (AvgIpc) is 3.11. The maximum Gasteiger partial charge on any atom is 0.320 e. The predicted octanol–water partition coefficient (Wildman–Crippen LogP) is 1.92. The minimum atomic E-state index is -1.28. The first-order chi connectivity index (χ1) is 12.0. The summed E-state index contributed by atoms with van der Waals surface area (Å²) in [6, 6.07) is 5.51. The molecule has 1 N–H and O–H groups in total. The lowest BCUT2D eigenvalue weighted by atomic mass is 9.97. The van der Waals surface area contributed by atoms with E-state index in [-0.39, 0.29) is 23.0 Å². The number of amides is 2. The number of halogens is 1. The van der Waals surface area contributed by atoms with Gasteiger partial charge in [-0.3, -0.25) is 4.79 Å².